The molecule has 0 fully saturated rings. The number of amides is 1. The van der Waals surface area contributed by atoms with E-state index < -0.39 is 0 Å². The van der Waals surface area contributed by atoms with Gasteiger partial charge in [-0.3, -0.25) is 4.79 Å². The van der Waals surface area contributed by atoms with Gasteiger partial charge >= 0.3 is 0 Å². The molecule has 0 bridgehead atoms. The van der Waals surface area contributed by atoms with E-state index in [0.717, 1.165) is 25.8 Å². The van der Waals surface area contributed by atoms with Crippen molar-refractivity contribution in [3.05, 3.63) is 22.4 Å². The molecule has 1 aromatic rings. The second kappa shape index (κ2) is 7.43. The molecule has 0 unspecified atom stereocenters. The Kier molecular flexibility index (Phi) is 6.04. The molecular formula is C11H18N2OS. The molecule has 84 valence electrons. The number of thiophene rings is 1. The van der Waals surface area contributed by atoms with E-state index in [4.69, 9.17) is 5.73 Å². The maximum Gasteiger partial charge on any atom is 0.220 e. The predicted molar refractivity (Wildman–Crippen MR) is 63.9 cm³/mol. The van der Waals surface area contributed by atoms with Crippen LogP contribution in [0.25, 0.3) is 0 Å². The second-order valence-corrected chi connectivity index (χ2v) is 4.46. The number of nitrogens with two attached hydrogens (primary N) is 1. The number of hydrogen-bond acceptors (Lipinski definition) is 3. The lowest BCUT2D eigenvalue weighted by molar-refractivity contribution is -0.121. The van der Waals surface area contributed by atoms with Crippen molar-refractivity contribution in [2.45, 2.75) is 25.7 Å². The van der Waals surface area contributed by atoms with Gasteiger partial charge in [0.1, 0.15) is 0 Å². The van der Waals surface area contributed by atoms with Crippen molar-refractivity contribution in [1.29, 1.82) is 0 Å². The van der Waals surface area contributed by atoms with Crippen LogP contribution in [0.1, 0.15) is 24.1 Å². The zero-order chi connectivity index (χ0) is 10.9. The number of hydrogen-bond donors (Lipinski definition) is 2. The van der Waals surface area contributed by atoms with Crippen LogP contribution in [0.4, 0.5) is 0 Å². The molecule has 15 heavy (non-hydrogen) atoms. The molecule has 4 heteroatoms. The average Bonchev–Trinajstić information content (AvgIpc) is 2.71. The first-order valence-corrected chi connectivity index (χ1v) is 6.20. The van der Waals surface area contributed by atoms with Gasteiger partial charge < -0.3 is 11.1 Å². The van der Waals surface area contributed by atoms with Crippen LogP contribution in [-0.2, 0) is 11.2 Å². The third kappa shape index (κ3) is 5.54. The van der Waals surface area contributed by atoms with Gasteiger partial charge in [0, 0.05) is 17.8 Å². The van der Waals surface area contributed by atoms with E-state index in [1.54, 1.807) is 11.3 Å². The number of carbonyl (C=O) groups is 1. The summed E-state index contributed by atoms with van der Waals surface area (Å²) in [6.45, 7) is 1.41. The third-order valence-corrected chi connectivity index (χ3v) is 3.07. The quantitative estimate of drug-likeness (QED) is 0.693. The van der Waals surface area contributed by atoms with E-state index in [-0.39, 0.29) is 5.91 Å². The fourth-order valence-electron chi connectivity index (χ4n) is 1.30. The molecule has 0 atom stereocenters. The lowest BCUT2D eigenvalue weighted by Crippen LogP contribution is -2.25. The van der Waals surface area contributed by atoms with Crippen LogP contribution in [0.15, 0.2) is 17.5 Å². The molecule has 0 spiro atoms. The highest BCUT2D eigenvalue weighted by molar-refractivity contribution is 7.09. The number of unbranched alkanes of at least 4 members (excludes halogenated alkanes) is 1. The molecule has 1 amide bonds. The van der Waals surface area contributed by atoms with Gasteiger partial charge in [-0.05, 0) is 37.3 Å². The standard InChI is InChI=1S/C11H18N2OS/c12-7-2-1-5-11(14)13-8-6-10-4-3-9-15-10/h3-4,9H,1-2,5-8,12H2,(H,13,14). The summed E-state index contributed by atoms with van der Waals surface area (Å²) >= 11 is 1.73. The van der Waals surface area contributed by atoms with Crippen molar-refractivity contribution in [1.82, 2.24) is 5.32 Å². The summed E-state index contributed by atoms with van der Waals surface area (Å²) < 4.78 is 0. The Hall–Kier alpha value is -0.870. The molecule has 0 aliphatic carbocycles. The van der Waals surface area contributed by atoms with E-state index >= 15 is 0 Å². The molecule has 1 rings (SSSR count). The van der Waals surface area contributed by atoms with Crippen molar-refractivity contribution in [2.24, 2.45) is 5.73 Å². The molecule has 0 saturated carbocycles. The van der Waals surface area contributed by atoms with E-state index in [2.05, 4.69) is 16.8 Å². The number of nitrogens with one attached hydrogen (secondary N) is 1. The highest BCUT2D eigenvalue weighted by atomic mass is 32.1. The van der Waals surface area contributed by atoms with Crippen LogP contribution >= 0.6 is 11.3 Å². The minimum atomic E-state index is 0.139. The highest BCUT2D eigenvalue weighted by Gasteiger charge is 2.00. The molecule has 1 aromatic heterocycles. The number of rotatable bonds is 7. The van der Waals surface area contributed by atoms with Crippen molar-refractivity contribution in [2.75, 3.05) is 13.1 Å². The zero-order valence-electron chi connectivity index (χ0n) is 8.87. The Morgan fingerprint density at radius 2 is 2.33 bits per heavy atom. The summed E-state index contributed by atoms with van der Waals surface area (Å²) in [5.41, 5.74) is 5.35. The molecular weight excluding hydrogens is 208 g/mol. The van der Waals surface area contributed by atoms with Crippen LogP contribution in [0.2, 0.25) is 0 Å². The highest BCUT2D eigenvalue weighted by Crippen LogP contribution is 2.08. The van der Waals surface area contributed by atoms with Crippen molar-refractivity contribution < 1.29 is 4.79 Å². The summed E-state index contributed by atoms with van der Waals surface area (Å²) in [6, 6.07) is 4.12. The first-order chi connectivity index (χ1) is 7.33. The first kappa shape index (κ1) is 12.2. The van der Waals surface area contributed by atoms with Gasteiger partial charge in [-0.15, -0.1) is 11.3 Å². The molecule has 0 radical (unpaired) electrons. The van der Waals surface area contributed by atoms with Gasteiger partial charge in [0.25, 0.3) is 0 Å². The molecule has 0 aliphatic rings. The molecule has 1 heterocycles. The maximum atomic E-state index is 11.3. The van der Waals surface area contributed by atoms with Gasteiger partial charge in [0.2, 0.25) is 5.91 Å². The lowest BCUT2D eigenvalue weighted by Gasteiger charge is -2.03. The van der Waals surface area contributed by atoms with Crippen LogP contribution in [0.3, 0.4) is 0 Å². The van der Waals surface area contributed by atoms with Gasteiger partial charge in [-0.25, -0.2) is 0 Å². The van der Waals surface area contributed by atoms with Gasteiger partial charge in [0.15, 0.2) is 0 Å². The lowest BCUT2D eigenvalue weighted by atomic mass is 10.2. The van der Waals surface area contributed by atoms with Crippen LogP contribution in [-0.4, -0.2) is 19.0 Å². The normalized spacial score (nSPS) is 10.2. The largest absolute Gasteiger partial charge is 0.356 e. The minimum absolute atomic E-state index is 0.139. The third-order valence-electron chi connectivity index (χ3n) is 2.13. The van der Waals surface area contributed by atoms with E-state index in [0.29, 0.717) is 13.0 Å². The summed E-state index contributed by atoms with van der Waals surface area (Å²) in [7, 11) is 0. The Morgan fingerprint density at radius 3 is 3.00 bits per heavy atom. The fraction of sp³-hybridized carbons (Fsp3) is 0.545. The monoisotopic (exact) mass is 226 g/mol. The molecule has 3 nitrogen and oxygen atoms in total. The minimum Gasteiger partial charge on any atom is -0.356 e. The van der Waals surface area contributed by atoms with Crippen molar-refractivity contribution in [3.8, 4) is 0 Å². The predicted octanol–water partition coefficient (Wildman–Crippen LogP) is 1.54. The Labute approximate surface area is 94.7 Å². The smallest absolute Gasteiger partial charge is 0.220 e. The molecule has 3 N–H and O–H groups in total. The Bertz CT molecular complexity index is 272. The summed E-state index contributed by atoms with van der Waals surface area (Å²) in [5.74, 6) is 0.139. The number of carbonyl (C=O) groups excluding carboxylic acids is 1. The van der Waals surface area contributed by atoms with E-state index in [1.807, 2.05) is 6.07 Å². The van der Waals surface area contributed by atoms with Gasteiger partial charge in [0.05, 0.1) is 0 Å². The summed E-state index contributed by atoms with van der Waals surface area (Å²) in [4.78, 5) is 12.6. The van der Waals surface area contributed by atoms with Gasteiger partial charge in [-0.2, -0.15) is 0 Å². The molecule has 0 aromatic carbocycles. The van der Waals surface area contributed by atoms with Crippen molar-refractivity contribution >= 4 is 17.2 Å². The zero-order valence-corrected chi connectivity index (χ0v) is 9.69. The molecule has 0 saturated heterocycles. The first-order valence-electron chi connectivity index (χ1n) is 5.32. The maximum absolute atomic E-state index is 11.3. The van der Waals surface area contributed by atoms with E-state index in [1.165, 1.54) is 4.88 Å². The average molecular weight is 226 g/mol. The topological polar surface area (TPSA) is 55.1 Å². The van der Waals surface area contributed by atoms with Crippen molar-refractivity contribution in [3.63, 3.8) is 0 Å². The van der Waals surface area contributed by atoms with Crippen LogP contribution < -0.4 is 11.1 Å². The SMILES string of the molecule is NCCCCC(=O)NCCc1cccs1. The molecule has 0 aliphatic heterocycles. The summed E-state index contributed by atoms with van der Waals surface area (Å²) in [6.07, 6.45) is 3.35. The second-order valence-electron chi connectivity index (χ2n) is 3.43. The van der Waals surface area contributed by atoms with Crippen LogP contribution in [0.5, 0.6) is 0 Å². The van der Waals surface area contributed by atoms with Crippen LogP contribution in [0, 0.1) is 0 Å². The van der Waals surface area contributed by atoms with Gasteiger partial charge in [-0.1, -0.05) is 6.07 Å². The fourth-order valence-corrected chi connectivity index (χ4v) is 2.01. The van der Waals surface area contributed by atoms with E-state index in [9.17, 15) is 4.79 Å². The summed E-state index contributed by atoms with van der Waals surface area (Å²) in [5, 5.41) is 4.96. The Morgan fingerprint density at radius 1 is 1.47 bits per heavy atom. The Balaban J connectivity index is 2.02.